The number of carbonyl (C=O) groups is 1. The van der Waals surface area contributed by atoms with Crippen molar-refractivity contribution in [3.63, 3.8) is 0 Å². The van der Waals surface area contributed by atoms with E-state index in [1.165, 1.54) is 11.3 Å². The highest BCUT2D eigenvalue weighted by Gasteiger charge is 2.32. The van der Waals surface area contributed by atoms with Gasteiger partial charge in [-0.05, 0) is 43.9 Å². The van der Waals surface area contributed by atoms with Gasteiger partial charge in [0.05, 0.1) is 19.9 Å². The van der Waals surface area contributed by atoms with Crippen LogP contribution in [0.5, 0.6) is 11.5 Å². The third kappa shape index (κ3) is 4.41. The molecule has 8 nitrogen and oxygen atoms in total. The van der Waals surface area contributed by atoms with E-state index < -0.39 is 0 Å². The molecule has 9 heteroatoms. The molecule has 1 fully saturated rings. The zero-order valence-electron chi connectivity index (χ0n) is 18.3. The summed E-state index contributed by atoms with van der Waals surface area (Å²) in [7, 11) is 3.18. The van der Waals surface area contributed by atoms with Gasteiger partial charge in [0.25, 0.3) is 5.91 Å². The fraction of sp³-hybridized carbons (Fsp3) is 0.455. The van der Waals surface area contributed by atoms with Gasteiger partial charge in [0.2, 0.25) is 5.89 Å². The van der Waals surface area contributed by atoms with E-state index >= 15 is 0 Å². The maximum Gasteiger partial charge on any atom is 0.263 e. The van der Waals surface area contributed by atoms with Gasteiger partial charge < -0.3 is 19.3 Å². The Morgan fingerprint density at radius 1 is 1.19 bits per heavy atom. The average Bonchev–Trinajstić information content (AvgIpc) is 3.37. The predicted octanol–water partition coefficient (Wildman–Crippen LogP) is 4.52. The summed E-state index contributed by atoms with van der Waals surface area (Å²) in [5.74, 6) is 2.73. The van der Waals surface area contributed by atoms with Crippen molar-refractivity contribution in [1.29, 1.82) is 0 Å². The summed E-state index contributed by atoms with van der Waals surface area (Å²) in [6.45, 7) is 5.86. The summed E-state index contributed by atoms with van der Waals surface area (Å²) in [5, 5.41) is 7.88. The van der Waals surface area contributed by atoms with Crippen LogP contribution in [0.2, 0.25) is 0 Å². The maximum absolute atomic E-state index is 13.1. The molecule has 1 aromatic carbocycles. The van der Waals surface area contributed by atoms with Crippen molar-refractivity contribution >= 4 is 17.2 Å². The first kappa shape index (κ1) is 21.3. The number of rotatable bonds is 8. The van der Waals surface area contributed by atoms with Crippen molar-refractivity contribution in [3.8, 4) is 22.1 Å². The van der Waals surface area contributed by atoms with E-state index in [1.807, 2.05) is 39.0 Å². The molecule has 31 heavy (non-hydrogen) atoms. The van der Waals surface area contributed by atoms with Crippen LogP contribution in [-0.2, 0) is 0 Å². The number of methoxy groups -OCH3 is 2. The monoisotopic (exact) mass is 442 g/mol. The molecule has 1 aliphatic carbocycles. The van der Waals surface area contributed by atoms with Gasteiger partial charge in [-0.15, -0.1) is 11.3 Å². The first-order chi connectivity index (χ1) is 14.9. The van der Waals surface area contributed by atoms with Crippen molar-refractivity contribution < 1.29 is 18.8 Å². The lowest BCUT2D eigenvalue weighted by Crippen LogP contribution is -2.32. The van der Waals surface area contributed by atoms with E-state index in [0.717, 1.165) is 29.2 Å². The summed E-state index contributed by atoms with van der Waals surface area (Å²) >= 11 is 1.34. The topological polar surface area (TPSA) is 99.4 Å². The molecule has 0 spiro atoms. The van der Waals surface area contributed by atoms with Crippen molar-refractivity contribution in [3.05, 3.63) is 40.5 Å². The van der Waals surface area contributed by atoms with Crippen molar-refractivity contribution in [2.75, 3.05) is 14.2 Å². The van der Waals surface area contributed by atoms with E-state index in [1.54, 1.807) is 14.2 Å². The minimum absolute atomic E-state index is 0.0926. The molecule has 2 aromatic heterocycles. The smallest absolute Gasteiger partial charge is 0.263 e. The lowest BCUT2D eigenvalue weighted by Gasteiger charge is -2.18. The first-order valence-corrected chi connectivity index (χ1v) is 11.1. The largest absolute Gasteiger partial charge is 0.493 e. The Morgan fingerprint density at radius 2 is 1.94 bits per heavy atom. The van der Waals surface area contributed by atoms with Gasteiger partial charge in [-0.25, -0.2) is 4.98 Å². The molecule has 0 saturated heterocycles. The molecule has 1 N–H and O–H groups in total. The van der Waals surface area contributed by atoms with Crippen LogP contribution in [0.25, 0.3) is 10.6 Å². The second-order valence-corrected chi connectivity index (χ2v) is 8.96. The molecular formula is C22H26N4O4S. The molecule has 3 aromatic rings. The highest BCUT2D eigenvalue weighted by atomic mass is 32.1. The van der Waals surface area contributed by atoms with Crippen LogP contribution < -0.4 is 14.8 Å². The lowest BCUT2D eigenvalue weighted by molar-refractivity contribution is 0.0917. The van der Waals surface area contributed by atoms with Gasteiger partial charge >= 0.3 is 0 Å². The zero-order valence-corrected chi connectivity index (χ0v) is 19.1. The number of hydrogen-bond donors (Lipinski definition) is 1. The normalized spacial score (nSPS) is 14.5. The fourth-order valence-corrected chi connectivity index (χ4v) is 4.27. The molecule has 0 bridgehead atoms. The van der Waals surface area contributed by atoms with Crippen LogP contribution in [0.1, 0.15) is 65.7 Å². The lowest BCUT2D eigenvalue weighted by atomic mass is 10.0. The molecule has 164 valence electrons. The van der Waals surface area contributed by atoms with Crippen LogP contribution in [0.4, 0.5) is 0 Å². The molecule has 1 atom stereocenters. The zero-order chi connectivity index (χ0) is 22.1. The number of amides is 1. The SMILES string of the molecule is COc1ccc(-c2nc(C)c(C(=O)NC(c3nc(C4CC4)no3)C(C)C)s2)cc1OC. The van der Waals surface area contributed by atoms with E-state index in [4.69, 9.17) is 14.0 Å². The number of benzene rings is 1. The third-order valence-corrected chi connectivity index (χ3v) is 6.46. The minimum Gasteiger partial charge on any atom is -0.493 e. The van der Waals surface area contributed by atoms with E-state index in [-0.39, 0.29) is 17.9 Å². The molecular weight excluding hydrogens is 416 g/mol. The molecule has 1 unspecified atom stereocenters. The first-order valence-electron chi connectivity index (χ1n) is 10.3. The van der Waals surface area contributed by atoms with E-state index in [9.17, 15) is 4.79 Å². The maximum atomic E-state index is 13.1. The summed E-state index contributed by atoms with van der Waals surface area (Å²) in [5.41, 5.74) is 1.52. The number of hydrogen-bond acceptors (Lipinski definition) is 8. The van der Waals surface area contributed by atoms with Crippen molar-refractivity contribution in [1.82, 2.24) is 20.4 Å². The van der Waals surface area contributed by atoms with E-state index in [2.05, 4.69) is 20.4 Å². The molecule has 1 amide bonds. The quantitative estimate of drug-likeness (QED) is 0.547. The van der Waals surface area contributed by atoms with Crippen LogP contribution in [-0.4, -0.2) is 35.3 Å². The second kappa shape index (κ2) is 8.66. The summed E-state index contributed by atoms with van der Waals surface area (Å²) in [6.07, 6.45) is 2.19. The van der Waals surface area contributed by atoms with Gasteiger partial charge in [-0.1, -0.05) is 19.0 Å². The number of thiazole rings is 1. The van der Waals surface area contributed by atoms with Gasteiger partial charge in [-0.2, -0.15) is 4.98 Å². The van der Waals surface area contributed by atoms with Gasteiger partial charge in [0, 0.05) is 11.5 Å². The van der Waals surface area contributed by atoms with Crippen molar-refractivity contribution in [2.45, 2.75) is 45.6 Å². The molecule has 4 rings (SSSR count). The van der Waals surface area contributed by atoms with Gasteiger partial charge in [0.15, 0.2) is 17.3 Å². The Hall–Kier alpha value is -2.94. The molecule has 1 saturated carbocycles. The molecule has 1 aliphatic rings. The summed E-state index contributed by atoms with van der Waals surface area (Å²) in [4.78, 5) is 22.8. The van der Waals surface area contributed by atoms with Crippen LogP contribution in [0, 0.1) is 12.8 Å². The summed E-state index contributed by atoms with van der Waals surface area (Å²) in [6, 6.07) is 5.22. The number of nitrogens with zero attached hydrogens (tertiary/aromatic N) is 3. The predicted molar refractivity (Wildman–Crippen MR) is 117 cm³/mol. The van der Waals surface area contributed by atoms with Crippen molar-refractivity contribution in [2.24, 2.45) is 5.92 Å². The Bertz CT molecular complexity index is 1090. The number of nitrogens with one attached hydrogen (secondary N) is 1. The minimum atomic E-state index is -0.362. The number of aromatic nitrogens is 3. The average molecular weight is 443 g/mol. The second-order valence-electron chi connectivity index (χ2n) is 7.96. The number of aryl methyl sites for hydroxylation is 1. The molecule has 2 heterocycles. The van der Waals surface area contributed by atoms with Crippen LogP contribution in [0.15, 0.2) is 22.7 Å². The standard InChI is InChI=1S/C22H26N4O4S/c1-11(2)17(21-25-19(26-30-21)13-6-7-13)24-20(27)18-12(3)23-22(31-18)14-8-9-15(28-4)16(10-14)29-5/h8-11,13,17H,6-7H2,1-5H3,(H,24,27). The number of ether oxygens (including phenoxy) is 2. The van der Waals surface area contributed by atoms with Gasteiger partial charge in [0.1, 0.15) is 15.9 Å². The third-order valence-electron chi connectivity index (χ3n) is 5.25. The molecule has 0 aliphatic heterocycles. The molecule has 0 radical (unpaired) electrons. The van der Waals surface area contributed by atoms with Gasteiger partial charge in [-0.3, -0.25) is 4.79 Å². The Kier molecular flexibility index (Phi) is 5.95. The van der Waals surface area contributed by atoms with Crippen LogP contribution in [0.3, 0.4) is 0 Å². The Morgan fingerprint density at radius 3 is 2.58 bits per heavy atom. The Labute approximate surface area is 185 Å². The number of carbonyl (C=O) groups excluding carboxylic acids is 1. The Balaban J connectivity index is 1.56. The highest BCUT2D eigenvalue weighted by Crippen LogP contribution is 2.39. The van der Waals surface area contributed by atoms with E-state index in [0.29, 0.717) is 33.9 Å². The fourth-order valence-electron chi connectivity index (χ4n) is 3.30. The van der Waals surface area contributed by atoms with Crippen LogP contribution >= 0.6 is 11.3 Å². The highest BCUT2D eigenvalue weighted by molar-refractivity contribution is 7.17. The summed E-state index contributed by atoms with van der Waals surface area (Å²) < 4.78 is 16.1.